The standard InChI is InChI=1S/C17H24N2O3S/c1-12-4-3-9-19(11-12)23(21,22)15-7-5-14(6-8-15)18-17(20)16-10-13(16)2/h5-8,12-13,16H,3-4,9-11H2,1-2H3,(H,18,20)/t12-,13-,16+/m0/s1. The second kappa shape index (κ2) is 6.24. The van der Waals surface area contributed by atoms with Gasteiger partial charge in [-0.25, -0.2) is 8.42 Å². The summed E-state index contributed by atoms with van der Waals surface area (Å²) in [6, 6.07) is 6.51. The maximum atomic E-state index is 12.7. The van der Waals surface area contributed by atoms with E-state index in [1.807, 2.05) is 0 Å². The average molecular weight is 336 g/mol. The summed E-state index contributed by atoms with van der Waals surface area (Å²) in [5, 5.41) is 2.85. The molecule has 23 heavy (non-hydrogen) atoms. The third-order valence-electron chi connectivity index (χ3n) is 4.83. The molecule has 1 aliphatic heterocycles. The number of nitrogens with zero attached hydrogens (tertiary/aromatic N) is 1. The van der Waals surface area contributed by atoms with Crippen LogP contribution in [0.1, 0.15) is 33.1 Å². The molecule has 3 rings (SSSR count). The van der Waals surface area contributed by atoms with Gasteiger partial charge in [-0.05, 0) is 55.4 Å². The fourth-order valence-corrected chi connectivity index (χ4v) is 4.74. The Labute approximate surface area is 138 Å². The molecule has 1 heterocycles. The Morgan fingerprint density at radius 1 is 1.22 bits per heavy atom. The Hall–Kier alpha value is -1.40. The molecule has 1 N–H and O–H groups in total. The molecule has 0 radical (unpaired) electrons. The normalized spacial score (nSPS) is 28.3. The number of carbonyl (C=O) groups excluding carboxylic acids is 1. The van der Waals surface area contributed by atoms with Crippen LogP contribution in [0.3, 0.4) is 0 Å². The van der Waals surface area contributed by atoms with Crippen molar-refractivity contribution in [3.05, 3.63) is 24.3 Å². The molecule has 1 aliphatic carbocycles. The van der Waals surface area contributed by atoms with Crippen molar-refractivity contribution < 1.29 is 13.2 Å². The lowest BCUT2D eigenvalue weighted by Gasteiger charge is -2.30. The molecule has 0 spiro atoms. The Kier molecular flexibility index (Phi) is 4.47. The number of nitrogens with one attached hydrogen (secondary N) is 1. The number of anilines is 1. The first kappa shape index (κ1) is 16.5. The highest BCUT2D eigenvalue weighted by atomic mass is 32.2. The van der Waals surface area contributed by atoms with Gasteiger partial charge in [-0.15, -0.1) is 0 Å². The molecular formula is C17H24N2O3S. The molecular weight excluding hydrogens is 312 g/mol. The van der Waals surface area contributed by atoms with Crippen LogP contribution in [-0.2, 0) is 14.8 Å². The maximum absolute atomic E-state index is 12.7. The second-order valence-corrected chi connectivity index (χ2v) is 8.88. The third-order valence-corrected chi connectivity index (χ3v) is 6.70. The highest BCUT2D eigenvalue weighted by Gasteiger charge is 2.39. The number of sulfonamides is 1. The SMILES string of the molecule is C[C@H]1CCCN(S(=O)(=O)c2ccc(NC(=O)[C@@H]3C[C@@H]3C)cc2)C1. The van der Waals surface area contributed by atoms with E-state index >= 15 is 0 Å². The first-order valence-corrected chi connectivity index (χ1v) is 9.73. The van der Waals surface area contributed by atoms with Gasteiger partial charge < -0.3 is 5.32 Å². The van der Waals surface area contributed by atoms with Gasteiger partial charge in [-0.3, -0.25) is 4.79 Å². The van der Waals surface area contributed by atoms with E-state index in [0.717, 1.165) is 19.3 Å². The third kappa shape index (κ3) is 3.58. The van der Waals surface area contributed by atoms with Gasteiger partial charge in [0.1, 0.15) is 0 Å². The highest BCUT2D eigenvalue weighted by Crippen LogP contribution is 2.38. The summed E-state index contributed by atoms with van der Waals surface area (Å²) in [5.74, 6) is 0.986. The molecule has 0 bridgehead atoms. The topological polar surface area (TPSA) is 66.5 Å². The van der Waals surface area contributed by atoms with Crippen LogP contribution < -0.4 is 5.32 Å². The van der Waals surface area contributed by atoms with E-state index in [-0.39, 0.29) is 11.8 Å². The van der Waals surface area contributed by atoms with Crippen molar-refractivity contribution in [1.29, 1.82) is 0 Å². The zero-order chi connectivity index (χ0) is 16.6. The molecule has 3 atom stereocenters. The lowest BCUT2D eigenvalue weighted by atomic mass is 10.0. The van der Waals surface area contributed by atoms with E-state index in [1.54, 1.807) is 28.6 Å². The van der Waals surface area contributed by atoms with Gasteiger partial charge in [-0.2, -0.15) is 4.31 Å². The minimum atomic E-state index is -3.43. The maximum Gasteiger partial charge on any atom is 0.243 e. The number of piperidine rings is 1. The van der Waals surface area contributed by atoms with Crippen molar-refractivity contribution in [2.45, 2.75) is 38.0 Å². The minimum Gasteiger partial charge on any atom is -0.326 e. The van der Waals surface area contributed by atoms with E-state index in [2.05, 4.69) is 19.2 Å². The van der Waals surface area contributed by atoms with Gasteiger partial charge in [0.2, 0.25) is 15.9 Å². The molecule has 1 saturated carbocycles. The molecule has 126 valence electrons. The average Bonchev–Trinajstić information content (AvgIpc) is 3.25. The number of rotatable bonds is 4. The van der Waals surface area contributed by atoms with Crippen LogP contribution >= 0.6 is 0 Å². The number of carbonyl (C=O) groups is 1. The molecule has 1 amide bonds. The first-order valence-electron chi connectivity index (χ1n) is 8.29. The summed E-state index contributed by atoms with van der Waals surface area (Å²) in [4.78, 5) is 12.2. The Morgan fingerprint density at radius 2 is 1.87 bits per heavy atom. The molecule has 5 nitrogen and oxygen atoms in total. The van der Waals surface area contributed by atoms with Gasteiger partial charge >= 0.3 is 0 Å². The fourth-order valence-electron chi connectivity index (χ4n) is 3.15. The van der Waals surface area contributed by atoms with E-state index in [4.69, 9.17) is 0 Å². The van der Waals surface area contributed by atoms with Crippen LogP contribution in [0.15, 0.2) is 29.2 Å². The minimum absolute atomic E-state index is 0.0259. The van der Waals surface area contributed by atoms with E-state index in [0.29, 0.717) is 35.5 Å². The monoisotopic (exact) mass is 336 g/mol. The molecule has 2 fully saturated rings. The summed E-state index contributed by atoms with van der Waals surface area (Å²) in [6.45, 7) is 5.31. The van der Waals surface area contributed by atoms with Crippen LogP contribution in [0.2, 0.25) is 0 Å². The van der Waals surface area contributed by atoms with Crippen LogP contribution in [-0.4, -0.2) is 31.7 Å². The van der Waals surface area contributed by atoms with Crippen molar-refractivity contribution in [2.75, 3.05) is 18.4 Å². The Morgan fingerprint density at radius 3 is 2.43 bits per heavy atom. The summed E-state index contributed by atoms with van der Waals surface area (Å²) >= 11 is 0. The van der Waals surface area contributed by atoms with Crippen LogP contribution in [0.4, 0.5) is 5.69 Å². The van der Waals surface area contributed by atoms with Crippen molar-refractivity contribution in [2.24, 2.45) is 17.8 Å². The van der Waals surface area contributed by atoms with E-state index in [9.17, 15) is 13.2 Å². The van der Waals surface area contributed by atoms with Gasteiger partial charge in [-0.1, -0.05) is 13.8 Å². The highest BCUT2D eigenvalue weighted by molar-refractivity contribution is 7.89. The molecule has 6 heteroatoms. The number of hydrogen-bond donors (Lipinski definition) is 1. The zero-order valence-electron chi connectivity index (χ0n) is 13.7. The van der Waals surface area contributed by atoms with E-state index in [1.165, 1.54) is 0 Å². The summed E-state index contributed by atoms with van der Waals surface area (Å²) < 4.78 is 26.9. The van der Waals surface area contributed by atoms with Crippen molar-refractivity contribution in [3.63, 3.8) is 0 Å². The second-order valence-electron chi connectivity index (χ2n) is 6.94. The van der Waals surface area contributed by atoms with Crippen LogP contribution in [0, 0.1) is 17.8 Å². The van der Waals surface area contributed by atoms with Crippen molar-refractivity contribution >= 4 is 21.6 Å². The predicted molar refractivity (Wildman–Crippen MR) is 89.5 cm³/mol. The smallest absolute Gasteiger partial charge is 0.243 e. The molecule has 1 aromatic carbocycles. The van der Waals surface area contributed by atoms with Gasteiger partial charge in [0.15, 0.2) is 0 Å². The Balaban J connectivity index is 1.69. The summed E-state index contributed by atoms with van der Waals surface area (Å²) in [7, 11) is -3.43. The number of hydrogen-bond acceptors (Lipinski definition) is 3. The number of amides is 1. The van der Waals surface area contributed by atoms with Gasteiger partial charge in [0.25, 0.3) is 0 Å². The van der Waals surface area contributed by atoms with Crippen LogP contribution in [0.25, 0.3) is 0 Å². The number of benzene rings is 1. The lowest BCUT2D eigenvalue weighted by Crippen LogP contribution is -2.39. The van der Waals surface area contributed by atoms with Gasteiger partial charge in [0, 0.05) is 24.7 Å². The van der Waals surface area contributed by atoms with Crippen molar-refractivity contribution in [1.82, 2.24) is 4.31 Å². The fraction of sp³-hybridized carbons (Fsp3) is 0.588. The summed E-state index contributed by atoms with van der Waals surface area (Å²) in [5.41, 5.74) is 0.653. The first-order chi connectivity index (χ1) is 10.9. The molecule has 1 aromatic rings. The molecule has 0 aromatic heterocycles. The Bertz CT molecular complexity index is 684. The summed E-state index contributed by atoms with van der Waals surface area (Å²) in [6.07, 6.45) is 2.93. The largest absolute Gasteiger partial charge is 0.326 e. The molecule has 1 saturated heterocycles. The lowest BCUT2D eigenvalue weighted by molar-refractivity contribution is -0.117. The predicted octanol–water partition coefficient (Wildman–Crippen LogP) is 2.70. The zero-order valence-corrected chi connectivity index (χ0v) is 14.5. The van der Waals surface area contributed by atoms with Crippen molar-refractivity contribution in [3.8, 4) is 0 Å². The molecule has 2 aliphatic rings. The molecule has 0 unspecified atom stereocenters. The van der Waals surface area contributed by atoms with Crippen LogP contribution in [0.5, 0.6) is 0 Å². The van der Waals surface area contributed by atoms with E-state index < -0.39 is 10.0 Å². The van der Waals surface area contributed by atoms with Gasteiger partial charge in [0.05, 0.1) is 4.90 Å². The quantitative estimate of drug-likeness (QED) is 0.919.